The monoisotopic (exact) mass is 517 g/mol. The zero-order valence-corrected chi connectivity index (χ0v) is 21.7. The lowest BCUT2D eigenvalue weighted by atomic mass is 9.94. The van der Waals surface area contributed by atoms with Crippen LogP contribution in [-0.2, 0) is 9.53 Å². The standard InChI is InChI=1S/C26H29Cl2N3O4/c1-5-12-31-16(4)22(25(33)35-14-15(2)3)23(30-26(31)34)17-6-9-19(10-7-17)29-24(32)20-11-8-18(27)13-21(20)28/h6-11,13,15,23H,5,12,14H2,1-4H3,(H,29,32)(H,30,34)/t23-/m1/s1. The van der Waals surface area contributed by atoms with Crippen LogP contribution in [0.5, 0.6) is 0 Å². The summed E-state index contributed by atoms with van der Waals surface area (Å²) in [5.74, 6) is -0.661. The number of halogens is 2. The van der Waals surface area contributed by atoms with Crippen molar-refractivity contribution >= 4 is 46.8 Å². The Kier molecular flexibility index (Phi) is 8.81. The van der Waals surface area contributed by atoms with Gasteiger partial charge in [-0.25, -0.2) is 9.59 Å². The van der Waals surface area contributed by atoms with Crippen molar-refractivity contribution < 1.29 is 19.1 Å². The van der Waals surface area contributed by atoms with Crippen molar-refractivity contribution in [2.24, 2.45) is 5.92 Å². The molecule has 1 heterocycles. The van der Waals surface area contributed by atoms with Gasteiger partial charge in [-0.2, -0.15) is 0 Å². The van der Waals surface area contributed by atoms with Gasteiger partial charge in [0.1, 0.15) is 0 Å². The molecule has 9 heteroatoms. The van der Waals surface area contributed by atoms with Crippen LogP contribution in [0.4, 0.5) is 10.5 Å². The summed E-state index contributed by atoms with van der Waals surface area (Å²) in [6, 6.07) is 10.6. The fourth-order valence-corrected chi connectivity index (χ4v) is 4.23. The van der Waals surface area contributed by atoms with E-state index in [4.69, 9.17) is 27.9 Å². The molecule has 0 unspecified atom stereocenters. The highest BCUT2D eigenvalue weighted by atomic mass is 35.5. The van der Waals surface area contributed by atoms with E-state index in [9.17, 15) is 14.4 Å². The Labute approximate surface area is 215 Å². The Bertz CT molecular complexity index is 1150. The second-order valence-corrected chi connectivity index (χ2v) is 9.57. The number of benzene rings is 2. The minimum absolute atomic E-state index is 0.181. The topological polar surface area (TPSA) is 87.7 Å². The molecule has 0 saturated carbocycles. The molecule has 1 atom stereocenters. The van der Waals surface area contributed by atoms with Crippen LogP contribution in [0.25, 0.3) is 0 Å². The van der Waals surface area contributed by atoms with Crippen molar-refractivity contribution in [3.63, 3.8) is 0 Å². The molecule has 0 fully saturated rings. The van der Waals surface area contributed by atoms with Gasteiger partial charge in [-0.05, 0) is 55.2 Å². The molecule has 3 amide bonds. The summed E-state index contributed by atoms with van der Waals surface area (Å²) in [5, 5.41) is 6.40. The number of anilines is 1. The summed E-state index contributed by atoms with van der Waals surface area (Å²) in [6.45, 7) is 8.42. The number of esters is 1. The summed E-state index contributed by atoms with van der Waals surface area (Å²) < 4.78 is 5.52. The number of hydrogen-bond donors (Lipinski definition) is 2. The second kappa shape index (κ2) is 11.6. The van der Waals surface area contributed by atoms with Crippen LogP contribution in [0, 0.1) is 5.92 Å². The van der Waals surface area contributed by atoms with Gasteiger partial charge in [0.05, 0.1) is 28.8 Å². The predicted octanol–water partition coefficient (Wildman–Crippen LogP) is 6.20. The molecule has 1 aliphatic heterocycles. The van der Waals surface area contributed by atoms with E-state index in [2.05, 4.69) is 10.6 Å². The minimum atomic E-state index is -0.675. The lowest BCUT2D eigenvalue weighted by Gasteiger charge is -2.35. The first kappa shape index (κ1) is 26.6. The SMILES string of the molecule is CCCN1C(=O)N[C@H](c2ccc(NC(=O)c3ccc(Cl)cc3Cl)cc2)C(C(=O)OCC(C)C)=C1C. The largest absolute Gasteiger partial charge is 0.462 e. The van der Waals surface area contributed by atoms with Crippen LogP contribution in [0.2, 0.25) is 10.0 Å². The average Bonchev–Trinajstić information content (AvgIpc) is 2.80. The molecule has 0 aromatic heterocycles. The number of hydrogen-bond acceptors (Lipinski definition) is 4. The lowest BCUT2D eigenvalue weighted by molar-refractivity contribution is -0.140. The maximum Gasteiger partial charge on any atom is 0.338 e. The molecule has 186 valence electrons. The molecule has 0 saturated heterocycles. The third kappa shape index (κ3) is 6.35. The molecule has 35 heavy (non-hydrogen) atoms. The average molecular weight is 518 g/mol. The summed E-state index contributed by atoms with van der Waals surface area (Å²) in [7, 11) is 0. The minimum Gasteiger partial charge on any atom is -0.462 e. The maximum atomic E-state index is 13.0. The molecule has 3 rings (SSSR count). The summed E-state index contributed by atoms with van der Waals surface area (Å²) in [5.41, 5.74) is 2.48. The summed E-state index contributed by atoms with van der Waals surface area (Å²) in [6.07, 6.45) is 0.746. The molecular weight excluding hydrogens is 489 g/mol. The van der Waals surface area contributed by atoms with Crippen molar-refractivity contribution in [1.29, 1.82) is 0 Å². The van der Waals surface area contributed by atoms with Gasteiger partial charge in [-0.1, -0.05) is 56.1 Å². The zero-order chi connectivity index (χ0) is 25.7. The first-order valence-electron chi connectivity index (χ1n) is 11.4. The molecule has 2 N–H and O–H groups in total. The normalized spacial score (nSPS) is 15.8. The van der Waals surface area contributed by atoms with Crippen molar-refractivity contribution in [3.05, 3.63) is 74.9 Å². The quantitative estimate of drug-likeness (QED) is 0.408. The van der Waals surface area contributed by atoms with E-state index in [-0.39, 0.29) is 29.5 Å². The van der Waals surface area contributed by atoms with Gasteiger partial charge in [0.2, 0.25) is 0 Å². The highest BCUT2D eigenvalue weighted by Crippen LogP contribution is 2.32. The van der Waals surface area contributed by atoms with E-state index in [1.54, 1.807) is 48.2 Å². The summed E-state index contributed by atoms with van der Waals surface area (Å²) >= 11 is 12.0. The van der Waals surface area contributed by atoms with Gasteiger partial charge in [-0.15, -0.1) is 0 Å². The van der Waals surface area contributed by atoms with Gasteiger partial charge in [0.25, 0.3) is 5.91 Å². The molecule has 0 aliphatic carbocycles. The smallest absolute Gasteiger partial charge is 0.338 e. The third-order valence-electron chi connectivity index (χ3n) is 5.49. The van der Waals surface area contributed by atoms with E-state index in [1.165, 1.54) is 6.07 Å². The number of nitrogens with one attached hydrogen (secondary N) is 2. The third-order valence-corrected chi connectivity index (χ3v) is 6.04. The number of nitrogens with zero attached hydrogens (tertiary/aromatic N) is 1. The van der Waals surface area contributed by atoms with E-state index in [0.717, 1.165) is 6.42 Å². The number of ether oxygens (including phenoxy) is 1. The Morgan fingerprint density at radius 3 is 2.43 bits per heavy atom. The molecule has 2 aromatic rings. The molecule has 2 aromatic carbocycles. The van der Waals surface area contributed by atoms with Crippen LogP contribution >= 0.6 is 23.2 Å². The van der Waals surface area contributed by atoms with Crippen molar-refractivity contribution in [2.45, 2.75) is 40.2 Å². The molecular formula is C26H29Cl2N3O4. The Balaban J connectivity index is 1.86. The van der Waals surface area contributed by atoms with Gasteiger partial charge in [-0.3, -0.25) is 9.69 Å². The number of rotatable bonds is 8. The molecule has 1 aliphatic rings. The van der Waals surface area contributed by atoms with Crippen molar-refractivity contribution in [2.75, 3.05) is 18.5 Å². The number of urea groups is 1. The highest BCUT2D eigenvalue weighted by Gasteiger charge is 2.36. The molecule has 0 spiro atoms. The summed E-state index contributed by atoms with van der Waals surface area (Å²) in [4.78, 5) is 40.0. The van der Waals surface area contributed by atoms with E-state index < -0.39 is 12.0 Å². The predicted molar refractivity (Wildman–Crippen MR) is 138 cm³/mol. The molecule has 7 nitrogen and oxygen atoms in total. The number of allylic oxidation sites excluding steroid dienone is 1. The maximum absolute atomic E-state index is 13.0. The van der Waals surface area contributed by atoms with Crippen LogP contribution in [0.15, 0.2) is 53.7 Å². The Hall–Kier alpha value is -3.03. The number of amides is 3. The van der Waals surface area contributed by atoms with Crippen molar-refractivity contribution in [3.8, 4) is 0 Å². The second-order valence-electron chi connectivity index (χ2n) is 8.73. The molecule has 0 radical (unpaired) electrons. The van der Waals surface area contributed by atoms with Crippen LogP contribution in [0.3, 0.4) is 0 Å². The van der Waals surface area contributed by atoms with Gasteiger partial charge >= 0.3 is 12.0 Å². The molecule has 0 bridgehead atoms. The van der Waals surface area contributed by atoms with E-state index in [1.807, 2.05) is 20.8 Å². The number of carbonyl (C=O) groups excluding carboxylic acids is 3. The number of carbonyl (C=O) groups is 3. The highest BCUT2D eigenvalue weighted by molar-refractivity contribution is 6.37. The first-order valence-corrected chi connectivity index (χ1v) is 12.2. The van der Waals surface area contributed by atoms with Crippen LogP contribution < -0.4 is 10.6 Å². The lowest BCUT2D eigenvalue weighted by Crippen LogP contribution is -2.48. The Morgan fingerprint density at radius 1 is 1.14 bits per heavy atom. The fraction of sp³-hybridized carbons (Fsp3) is 0.346. The van der Waals surface area contributed by atoms with Crippen molar-refractivity contribution in [1.82, 2.24) is 10.2 Å². The van der Waals surface area contributed by atoms with Gasteiger partial charge in [0, 0.05) is 23.0 Å². The zero-order valence-electron chi connectivity index (χ0n) is 20.2. The van der Waals surface area contributed by atoms with E-state index in [0.29, 0.717) is 39.7 Å². The van der Waals surface area contributed by atoms with Crippen LogP contribution in [-0.4, -0.2) is 36.0 Å². The Morgan fingerprint density at radius 2 is 1.83 bits per heavy atom. The van der Waals surface area contributed by atoms with Gasteiger partial charge in [0.15, 0.2) is 0 Å². The van der Waals surface area contributed by atoms with Gasteiger partial charge < -0.3 is 15.4 Å². The van der Waals surface area contributed by atoms with E-state index >= 15 is 0 Å². The van der Waals surface area contributed by atoms with Crippen LogP contribution in [0.1, 0.15) is 56.1 Å². The first-order chi connectivity index (χ1) is 16.6. The fourth-order valence-electron chi connectivity index (χ4n) is 3.74.